The van der Waals surface area contributed by atoms with E-state index in [9.17, 15) is 5.11 Å². The van der Waals surface area contributed by atoms with Crippen molar-refractivity contribution in [2.45, 2.75) is 19.0 Å². The number of hydrogen-bond acceptors (Lipinski definition) is 4. The quantitative estimate of drug-likeness (QED) is 0.807. The van der Waals surface area contributed by atoms with E-state index >= 15 is 0 Å². The molecule has 0 unspecified atom stereocenters. The molecule has 106 valence electrons. The number of aromatic nitrogens is 1. The molecule has 0 aliphatic rings. The van der Waals surface area contributed by atoms with Crippen LogP contribution in [0.1, 0.15) is 11.3 Å². The van der Waals surface area contributed by atoms with Gasteiger partial charge < -0.3 is 15.2 Å². The predicted molar refractivity (Wildman–Crippen MR) is 78.6 cm³/mol. The van der Waals surface area contributed by atoms with E-state index in [0.29, 0.717) is 12.4 Å². The summed E-state index contributed by atoms with van der Waals surface area (Å²) in [6.07, 6.45) is 0.793. The standard InChI is InChI=1S/C16H20N2O2/c1-20-16-9-5-8-14(18-16)11-17-15(12-19)10-13-6-3-2-4-7-13/h2-9,15,17,19H,10-12H2,1H3/t15-/m0/s1. The lowest BCUT2D eigenvalue weighted by Gasteiger charge is -2.16. The van der Waals surface area contributed by atoms with E-state index < -0.39 is 0 Å². The van der Waals surface area contributed by atoms with Crippen LogP contribution >= 0.6 is 0 Å². The summed E-state index contributed by atoms with van der Waals surface area (Å²) in [5.41, 5.74) is 2.11. The van der Waals surface area contributed by atoms with Gasteiger partial charge in [0.2, 0.25) is 5.88 Å². The van der Waals surface area contributed by atoms with E-state index in [2.05, 4.69) is 22.4 Å². The molecule has 0 aliphatic heterocycles. The molecule has 0 spiro atoms. The third kappa shape index (κ3) is 4.33. The van der Waals surface area contributed by atoms with Gasteiger partial charge in [0, 0.05) is 18.7 Å². The molecule has 1 aromatic carbocycles. The zero-order valence-electron chi connectivity index (χ0n) is 11.6. The van der Waals surface area contributed by atoms with E-state index in [1.54, 1.807) is 7.11 Å². The third-order valence-corrected chi connectivity index (χ3v) is 3.11. The van der Waals surface area contributed by atoms with Crippen LogP contribution in [0.2, 0.25) is 0 Å². The molecule has 0 bridgehead atoms. The third-order valence-electron chi connectivity index (χ3n) is 3.11. The Balaban J connectivity index is 1.90. The molecule has 4 nitrogen and oxygen atoms in total. The van der Waals surface area contributed by atoms with Crippen LogP contribution < -0.4 is 10.1 Å². The smallest absolute Gasteiger partial charge is 0.213 e. The Morgan fingerprint density at radius 2 is 1.95 bits per heavy atom. The van der Waals surface area contributed by atoms with Crippen LogP contribution in [0.3, 0.4) is 0 Å². The number of nitrogens with zero attached hydrogens (tertiary/aromatic N) is 1. The van der Waals surface area contributed by atoms with Crippen molar-refractivity contribution in [3.63, 3.8) is 0 Å². The summed E-state index contributed by atoms with van der Waals surface area (Å²) in [6.45, 7) is 0.703. The Hall–Kier alpha value is -1.91. The van der Waals surface area contributed by atoms with Crippen molar-refractivity contribution >= 4 is 0 Å². The van der Waals surface area contributed by atoms with Crippen LogP contribution in [0, 0.1) is 0 Å². The van der Waals surface area contributed by atoms with Crippen LogP contribution in [0.5, 0.6) is 5.88 Å². The van der Waals surface area contributed by atoms with Crippen LogP contribution in [0.15, 0.2) is 48.5 Å². The summed E-state index contributed by atoms with van der Waals surface area (Å²) in [5.74, 6) is 0.605. The minimum Gasteiger partial charge on any atom is -0.481 e. The van der Waals surface area contributed by atoms with Crippen molar-refractivity contribution in [1.29, 1.82) is 0 Å². The molecule has 0 radical (unpaired) electrons. The monoisotopic (exact) mass is 272 g/mol. The number of ether oxygens (including phenoxy) is 1. The fourth-order valence-electron chi connectivity index (χ4n) is 2.02. The first-order valence-corrected chi connectivity index (χ1v) is 6.70. The summed E-state index contributed by atoms with van der Waals surface area (Å²) in [5, 5.41) is 12.8. The Kier molecular flexibility index (Phi) is 5.53. The highest BCUT2D eigenvalue weighted by atomic mass is 16.5. The molecule has 0 saturated carbocycles. The Morgan fingerprint density at radius 3 is 2.65 bits per heavy atom. The van der Waals surface area contributed by atoms with Gasteiger partial charge in [0.25, 0.3) is 0 Å². The largest absolute Gasteiger partial charge is 0.481 e. The number of nitrogens with one attached hydrogen (secondary N) is 1. The van der Waals surface area contributed by atoms with E-state index in [1.165, 1.54) is 5.56 Å². The molecule has 0 saturated heterocycles. The fraction of sp³-hybridized carbons (Fsp3) is 0.312. The number of aliphatic hydroxyl groups is 1. The molecule has 1 atom stereocenters. The summed E-state index contributed by atoms with van der Waals surface area (Å²) in [7, 11) is 1.60. The molecular formula is C16H20N2O2. The zero-order valence-corrected chi connectivity index (χ0v) is 11.6. The van der Waals surface area contributed by atoms with Crippen LogP contribution in [0.25, 0.3) is 0 Å². The Morgan fingerprint density at radius 1 is 1.15 bits per heavy atom. The lowest BCUT2D eigenvalue weighted by atomic mass is 10.1. The van der Waals surface area contributed by atoms with Gasteiger partial charge in [0.05, 0.1) is 19.4 Å². The molecule has 4 heteroatoms. The summed E-state index contributed by atoms with van der Waals surface area (Å²) >= 11 is 0. The first kappa shape index (κ1) is 14.5. The predicted octanol–water partition coefficient (Wildman–Crippen LogP) is 1.78. The van der Waals surface area contributed by atoms with Gasteiger partial charge in [0.15, 0.2) is 0 Å². The van der Waals surface area contributed by atoms with Gasteiger partial charge in [-0.2, -0.15) is 0 Å². The SMILES string of the molecule is COc1cccc(CN[C@H](CO)Cc2ccccc2)n1. The summed E-state index contributed by atoms with van der Waals surface area (Å²) in [4.78, 5) is 4.34. The number of pyridine rings is 1. The number of hydrogen-bond donors (Lipinski definition) is 2. The number of benzene rings is 1. The van der Waals surface area contributed by atoms with E-state index in [-0.39, 0.29) is 12.6 Å². The van der Waals surface area contributed by atoms with Crippen molar-refractivity contribution in [2.24, 2.45) is 0 Å². The molecule has 20 heavy (non-hydrogen) atoms. The molecule has 2 rings (SSSR count). The zero-order chi connectivity index (χ0) is 14.2. The minimum atomic E-state index is 0.0189. The normalized spacial score (nSPS) is 12.1. The Labute approximate surface area is 119 Å². The molecular weight excluding hydrogens is 252 g/mol. The highest BCUT2D eigenvalue weighted by Gasteiger charge is 2.08. The summed E-state index contributed by atoms with van der Waals surface area (Å²) < 4.78 is 5.10. The van der Waals surface area contributed by atoms with Gasteiger partial charge in [-0.05, 0) is 18.1 Å². The van der Waals surface area contributed by atoms with Crippen LogP contribution in [-0.2, 0) is 13.0 Å². The topological polar surface area (TPSA) is 54.4 Å². The molecule has 1 aromatic heterocycles. The maximum atomic E-state index is 9.46. The molecule has 2 N–H and O–H groups in total. The number of aliphatic hydroxyl groups excluding tert-OH is 1. The van der Waals surface area contributed by atoms with E-state index in [4.69, 9.17) is 4.74 Å². The van der Waals surface area contributed by atoms with Crippen molar-refractivity contribution < 1.29 is 9.84 Å². The highest BCUT2D eigenvalue weighted by molar-refractivity contribution is 5.17. The van der Waals surface area contributed by atoms with Gasteiger partial charge in [-0.1, -0.05) is 36.4 Å². The highest BCUT2D eigenvalue weighted by Crippen LogP contribution is 2.07. The van der Waals surface area contributed by atoms with Crippen molar-refractivity contribution in [3.05, 3.63) is 59.8 Å². The fourth-order valence-corrected chi connectivity index (χ4v) is 2.02. The first-order valence-electron chi connectivity index (χ1n) is 6.70. The molecule has 1 heterocycles. The molecule has 0 aliphatic carbocycles. The van der Waals surface area contributed by atoms with Gasteiger partial charge in [-0.3, -0.25) is 0 Å². The van der Waals surface area contributed by atoms with Gasteiger partial charge in [-0.25, -0.2) is 4.98 Å². The lowest BCUT2D eigenvalue weighted by molar-refractivity contribution is 0.240. The van der Waals surface area contributed by atoms with Crippen LogP contribution in [-0.4, -0.2) is 29.8 Å². The summed E-state index contributed by atoms with van der Waals surface area (Å²) in [6, 6.07) is 15.8. The van der Waals surface area contributed by atoms with Crippen molar-refractivity contribution in [1.82, 2.24) is 10.3 Å². The molecule has 0 fully saturated rings. The molecule has 2 aromatic rings. The second-order valence-corrected chi connectivity index (χ2v) is 4.62. The second kappa shape index (κ2) is 7.62. The van der Waals surface area contributed by atoms with Gasteiger partial charge in [0.1, 0.15) is 0 Å². The average Bonchev–Trinajstić information content (AvgIpc) is 2.52. The number of rotatable bonds is 7. The van der Waals surface area contributed by atoms with Crippen molar-refractivity contribution in [3.8, 4) is 5.88 Å². The van der Waals surface area contributed by atoms with Crippen molar-refractivity contribution in [2.75, 3.05) is 13.7 Å². The van der Waals surface area contributed by atoms with E-state index in [1.807, 2.05) is 36.4 Å². The van der Waals surface area contributed by atoms with Gasteiger partial charge in [-0.15, -0.1) is 0 Å². The minimum absolute atomic E-state index is 0.0189. The van der Waals surface area contributed by atoms with E-state index in [0.717, 1.165) is 12.1 Å². The lowest BCUT2D eigenvalue weighted by Crippen LogP contribution is -2.34. The first-order chi connectivity index (χ1) is 9.81. The molecule has 0 amide bonds. The maximum absolute atomic E-state index is 9.46. The Bertz CT molecular complexity index is 517. The maximum Gasteiger partial charge on any atom is 0.213 e. The number of methoxy groups -OCH3 is 1. The second-order valence-electron chi connectivity index (χ2n) is 4.62. The van der Waals surface area contributed by atoms with Gasteiger partial charge >= 0.3 is 0 Å². The average molecular weight is 272 g/mol. The van der Waals surface area contributed by atoms with Crippen LogP contribution in [0.4, 0.5) is 0 Å².